The molecule has 0 saturated carbocycles. The molecule has 0 radical (unpaired) electrons. The van der Waals surface area contributed by atoms with Gasteiger partial charge in [0.15, 0.2) is 5.13 Å². The molecule has 0 aliphatic rings. The molecule has 4 nitrogen and oxygen atoms in total. The second kappa shape index (κ2) is 5.64. The van der Waals surface area contributed by atoms with Gasteiger partial charge in [-0.3, -0.25) is 5.32 Å². The second-order valence-corrected chi connectivity index (χ2v) is 5.24. The highest BCUT2D eigenvalue weighted by atomic mass is 32.1. The summed E-state index contributed by atoms with van der Waals surface area (Å²) in [4.78, 5) is 16.9. The van der Waals surface area contributed by atoms with Gasteiger partial charge in [0.25, 0.3) is 0 Å². The lowest BCUT2D eigenvalue weighted by molar-refractivity contribution is 0.249. The van der Waals surface area contributed by atoms with E-state index in [1.807, 2.05) is 44.2 Å². The lowest BCUT2D eigenvalue weighted by atomic mass is 10.1. The summed E-state index contributed by atoms with van der Waals surface area (Å²) in [5.74, 6) is 0. The van der Waals surface area contributed by atoms with Gasteiger partial charge in [0, 0.05) is 11.1 Å². The van der Waals surface area contributed by atoms with Crippen molar-refractivity contribution in [2.24, 2.45) is 0 Å². The number of thiazole rings is 1. The third kappa shape index (κ3) is 3.30. The average Bonchev–Trinajstić information content (AvgIpc) is 2.75. The lowest BCUT2D eigenvalue weighted by Crippen LogP contribution is -2.31. The third-order valence-electron chi connectivity index (χ3n) is 2.49. The van der Waals surface area contributed by atoms with Gasteiger partial charge in [-0.15, -0.1) is 11.3 Å². The molecule has 0 aliphatic heterocycles. The number of anilines is 1. The number of carbonyl (C=O) groups excluding carboxylic acids is 1. The molecule has 2 aromatic rings. The zero-order valence-corrected chi connectivity index (χ0v) is 11.1. The minimum atomic E-state index is -0.235. The number of nitrogens with zero attached hydrogens (tertiary/aromatic N) is 1. The van der Waals surface area contributed by atoms with Gasteiger partial charge in [0.05, 0.1) is 6.04 Å². The summed E-state index contributed by atoms with van der Waals surface area (Å²) in [7, 11) is 0. The largest absolute Gasteiger partial charge is 0.331 e. The van der Waals surface area contributed by atoms with Gasteiger partial charge in [-0.25, -0.2) is 9.78 Å². The molecule has 18 heavy (non-hydrogen) atoms. The molecule has 0 fully saturated rings. The van der Waals surface area contributed by atoms with Gasteiger partial charge < -0.3 is 5.32 Å². The SMILES string of the molecule is Cc1cnc(NC(=O)NC(C)c2ccccc2)s1. The van der Waals surface area contributed by atoms with Gasteiger partial charge in [-0.2, -0.15) is 0 Å². The first kappa shape index (κ1) is 12.6. The Bertz CT molecular complexity index is 524. The van der Waals surface area contributed by atoms with Crippen molar-refractivity contribution < 1.29 is 4.79 Å². The molecule has 0 spiro atoms. The number of hydrogen-bond acceptors (Lipinski definition) is 3. The van der Waals surface area contributed by atoms with Crippen LogP contribution in [0.5, 0.6) is 0 Å². The number of hydrogen-bond donors (Lipinski definition) is 2. The summed E-state index contributed by atoms with van der Waals surface area (Å²) < 4.78 is 0. The third-order valence-corrected chi connectivity index (χ3v) is 3.32. The fourth-order valence-corrected chi connectivity index (χ4v) is 2.23. The summed E-state index contributed by atoms with van der Waals surface area (Å²) in [5.41, 5.74) is 1.07. The van der Waals surface area contributed by atoms with Crippen molar-refractivity contribution in [1.29, 1.82) is 0 Å². The van der Waals surface area contributed by atoms with E-state index < -0.39 is 0 Å². The van der Waals surface area contributed by atoms with Crippen LogP contribution in [0.4, 0.5) is 9.93 Å². The Kier molecular flexibility index (Phi) is 3.94. The molecular formula is C13H15N3OS. The molecular weight excluding hydrogens is 246 g/mol. The van der Waals surface area contributed by atoms with E-state index >= 15 is 0 Å². The van der Waals surface area contributed by atoms with Gasteiger partial charge >= 0.3 is 6.03 Å². The number of benzene rings is 1. The molecule has 1 atom stereocenters. The highest BCUT2D eigenvalue weighted by molar-refractivity contribution is 7.15. The molecule has 1 heterocycles. The molecule has 94 valence electrons. The molecule has 1 aromatic heterocycles. The standard InChI is InChI=1S/C13H15N3OS/c1-9-8-14-13(18-9)16-12(17)15-10(2)11-6-4-3-5-7-11/h3-8,10H,1-2H3,(H2,14,15,16,17). The molecule has 0 bridgehead atoms. The quantitative estimate of drug-likeness (QED) is 0.890. The first-order valence-electron chi connectivity index (χ1n) is 5.70. The van der Waals surface area contributed by atoms with Crippen LogP contribution in [-0.4, -0.2) is 11.0 Å². The molecule has 1 unspecified atom stereocenters. The van der Waals surface area contributed by atoms with Crippen molar-refractivity contribution in [3.8, 4) is 0 Å². The first-order valence-corrected chi connectivity index (χ1v) is 6.51. The first-order chi connectivity index (χ1) is 8.65. The molecule has 0 aliphatic carbocycles. The number of aryl methyl sites for hydroxylation is 1. The van der Waals surface area contributed by atoms with Gasteiger partial charge in [0.1, 0.15) is 0 Å². The molecule has 1 aromatic carbocycles. The van der Waals surface area contributed by atoms with E-state index in [2.05, 4.69) is 15.6 Å². The van der Waals surface area contributed by atoms with Gasteiger partial charge in [0.2, 0.25) is 0 Å². The van der Waals surface area contributed by atoms with Crippen LogP contribution in [0.15, 0.2) is 36.5 Å². The van der Waals surface area contributed by atoms with E-state index in [0.717, 1.165) is 10.4 Å². The van der Waals surface area contributed by atoms with E-state index in [9.17, 15) is 4.79 Å². The number of nitrogens with one attached hydrogen (secondary N) is 2. The maximum atomic E-state index is 11.7. The summed E-state index contributed by atoms with van der Waals surface area (Å²) in [6, 6.07) is 9.56. The Morgan fingerprint density at radius 1 is 1.33 bits per heavy atom. The Hall–Kier alpha value is -1.88. The average molecular weight is 261 g/mol. The van der Waals surface area contributed by atoms with Crippen LogP contribution in [0.3, 0.4) is 0 Å². The number of rotatable bonds is 3. The maximum Gasteiger partial charge on any atom is 0.321 e. The Morgan fingerprint density at radius 2 is 2.06 bits per heavy atom. The van der Waals surface area contributed by atoms with E-state index in [1.54, 1.807) is 6.20 Å². The van der Waals surface area contributed by atoms with E-state index in [4.69, 9.17) is 0 Å². The molecule has 2 rings (SSSR count). The Morgan fingerprint density at radius 3 is 2.67 bits per heavy atom. The van der Waals surface area contributed by atoms with Gasteiger partial charge in [-0.05, 0) is 19.4 Å². The van der Waals surface area contributed by atoms with Crippen molar-refractivity contribution in [2.45, 2.75) is 19.9 Å². The normalized spacial score (nSPS) is 11.9. The number of amides is 2. The van der Waals surface area contributed by atoms with Crippen LogP contribution in [-0.2, 0) is 0 Å². The minimum Gasteiger partial charge on any atom is -0.331 e. The van der Waals surface area contributed by atoms with Crippen LogP contribution in [0.1, 0.15) is 23.4 Å². The molecule has 0 saturated heterocycles. The number of urea groups is 1. The fraction of sp³-hybridized carbons (Fsp3) is 0.231. The Labute approximate surface area is 110 Å². The zero-order chi connectivity index (χ0) is 13.0. The summed E-state index contributed by atoms with van der Waals surface area (Å²) >= 11 is 1.46. The summed E-state index contributed by atoms with van der Waals surface area (Å²) in [6.07, 6.45) is 1.74. The number of carbonyl (C=O) groups is 1. The van der Waals surface area contributed by atoms with Crippen molar-refractivity contribution >= 4 is 22.5 Å². The topological polar surface area (TPSA) is 54.0 Å². The smallest absolute Gasteiger partial charge is 0.321 e. The summed E-state index contributed by atoms with van der Waals surface area (Å²) in [6.45, 7) is 3.90. The highest BCUT2D eigenvalue weighted by Crippen LogP contribution is 2.17. The molecule has 2 amide bonds. The van der Waals surface area contributed by atoms with E-state index in [1.165, 1.54) is 11.3 Å². The van der Waals surface area contributed by atoms with Crippen LogP contribution in [0.25, 0.3) is 0 Å². The van der Waals surface area contributed by atoms with Crippen LogP contribution >= 0.6 is 11.3 Å². The molecule has 2 N–H and O–H groups in total. The Balaban J connectivity index is 1.92. The monoisotopic (exact) mass is 261 g/mol. The van der Waals surface area contributed by atoms with Crippen LogP contribution < -0.4 is 10.6 Å². The van der Waals surface area contributed by atoms with E-state index in [-0.39, 0.29) is 12.1 Å². The van der Waals surface area contributed by atoms with Crippen molar-refractivity contribution in [3.63, 3.8) is 0 Å². The van der Waals surface area contributed by atoms with Crippen molar-refractivity contribution in [1.82, 2.24) is 10.3 Å². The fourth-order valence-electron chi connectivity index (χ4n) is 1.57. The van der Waals surface area contributed by atoms with Crippen LogP contribution in [0, 0.1) is 6.92 Å². The second-order valence-electron chi connectivity index (χ2n) is 4.01. The highest BCUT2D eigenvalue weighted by Gasteiger charge is 2.10. The van der Waals surface area contributed by atoms with Crippen molar-refractivity contribution in [3.05, 3.63) is 47.0 Å². The van der Waals surface area contributed by atoms with Crippen molar-refractivity contribution in [2.75, 3.05) is 5.32 Å². The number of aromatic nitrogens is 1. The van der Waals surface area contributed by atoms with E-state index in [0.29, 0.717) is 5.13 Å². The predicted molar refractivity (Wildman–Crippen MR) is 73.9 cm³/mol. The summed E-state index contributed by atoms with van der Waals surface area (Å²) in [5, 5.41) is 6.21. The van der Waals surface area contributed by atoms with Crippen LogP contribution in [0.2, 0.25) is 0 Å². The van der Waals surface area contributed by atoms with Gasteiger partial charge in [-0.1, -0.05) is 30.3 Å². The zero-order valence-electron chi connectivity index (χ0n) is 10.3. The maximum absolute atomic E-state index is 11.7. The predicted octanol–water partition coefficient (Wildman–Crippen LogP) is 3.33. The minimum absolute atomic E-state index is 0.0349. The lowest BCUT2D eigenvalue weighted by Gasteiger charge is -2.13. The molecule has 5 heteroatoms.